The van der Waals surface area contributed by atoms with Crippen LogP contribution in [0.5, 0.6) is 5.75 Å². The molecule has 172 valence electrons. The molecule has 0 atom stereocenters. The Hall–Kier alpha value is -4.19. The van der Waals surface area contributed by atoms with Crippen LogP contribution in [0.4, 0.5) is 5.69 Å². The minimum absolute atomic E-state index is 0.303. The standard InChI is InChI=1S/C28H26N2O4/c1-6-25(31)34-20-13-11-19(12-14-20)30-27(32)23(26(17(2)3)28(30)33)16-15-21-18(4)29(5)24-10-8-7-9-22(21)24/h6-14,16H,1,15H2,2-5H3/b23-16+. The molecule has 3 aromatic rings. The average Bonchev–Trinajstić information content (AvgIpc) is 3.22. The summed E-state index contributed by atoms with van der Waals surface area (Å²) in [5, 5.41) is 1.14. The summed E-state index contributed by atoms with van der Waals surface area (Å²) in [6.45, 7) is 9.09. The first-order chi connectivity index (χ1) is 16.2. The number of ether oxygens (including phenoxy) is 1. The van der Waals surface area contributed by atoms with Crippen LogP contribution in [-0.4, -0.2) is 22.4 Å². The highest BCUT2D eigenvalue weighted by Crippen LogP contribution is 2.34. The lowest BCUT2D eigenvalue weighted by Crippen LogP contribution is -2.29. The zero-order chi connectivity index (χ0) is 24.6. The molecule has 6 heteroatoms. The van der Waals surface area contributed by atoms with Gasteiger partial charge < -0.3 is 9.30 Å². The summed E-state index contributed by atoms with van der Waals surface area (Å²) in [5.41, 5.74) is 5.39. The van der Waals surface area contributed by atoms with Crippen LogP contribution in [-0.2, 0) is 27.9 Å². The van der Waals surface area contributed by atoms with E-state index in [0.29, 0.717) is 29.0 Å². The van der Waals surface area contributed by atoms with Gasteiger partial charge in [0, 0.05) is 35.3 Å². The van der Waals surface area contributed by atoms with Gasteiger partial charge in [0.15, 0.2) is 0 Å². The maximum Gasteiger partial charge on any atom is 0.335 e. The summed E-state index contributed by atoms with van der Waals surface area (Å²) >= 11 is 0. The monoisotopic (exact) mass is 454 g/mol. The van der Waals surface area contributed by atoms with Crippen molar-refractivity contribution >= 4 is 34.4 Å². The quantitative estimate of drug-likeness (QED) is 0.237. The minimum atomic E-state index is -0.582. The molecule has 1 aliphatic heterocycles. The molecule has 4 rings (SSSR count). The number of anilines is 1. The average molecular weight is 455 g/mol. The Labute approximate surface area is 198 Å². The van der Waals surface area contributed by atoms with Crippen LogP contribution in [0.3, 0.4) is 0 Å². The van der Waals surface area contributed by atoms with Crippen molar-refractivity contribution in [2.75, 3.05) is 4.90 Å². The van der Waals surface area contributed by atoms with Crippen molar-refractivity contribution in [1.82, 2.24) is 4.57 Å². The molecule has 6 nitrogen and oxygen atoms in total. The summed E-state index contributed by atoms with van der Waals surface area (Å²) in [5.74, 6) is -1.00. The van der Waals surface area contributed by atoms with E-state index in [9.17, 15) is 14.4 Å². The summed E-state index contributed by atoms with van der Waals surface area (Å²) < 4.78 is 7.22. The van der Waals surface area contributed by atoms with Gasteiger partial charge in [0.2, 0.25) is 0 Å². The molecule has 1 fully saturated rings. The Bertz CT molecular complexity index is 1400. The normalized spacial score (nSPS) is 14.9. The fourth-order valence-corrected chi connectivity index (χ4v) is 4.34. The maximum atomic E-state index is 13.4. The van der Waals surface area contributed by atoms with E-state index in [0.717, 1.165) is 33.8 Å². The van der Waals surface area contributed by atoms with Crippen molar-refractivity contribution in [2.24, 2.45) is 7.05 Å². The number of imide groups is 1. The van der Waals surface area contributed by atoms with Crippen LogP contribution in [0, 0.1) is 6.92 Å². The number of amides is 2. The van der Waals surface area contributed by atoms with Crippen molar-refractivity contribution in [3.63, 3.8) is 0 Å². The summed E-state index contributed by atoms with van der Waals surface area (Å²) in [4.78, 5) is 39.3. The molecule has 1 aromatic heterocycles. The molecule has 2 aromatic carbocycles. The molecule has 0 aliphatic carbocycles. The van der Waals surface area contributed by atoms with Crippen LogP contribution >= 0.6 is 0 Å². The fourth-order valence-electron chi connectivity index (χ4n) is 4.34. The van der Waals surface area contributed by atoms with Crippen molar-refractivity contribution in [1.29, 1.82) is 0 Å². The van der Waals surface area contributed by atoms with Gasteiger partial charge in [-0.1, -0.05) is 36.4 Å². The SMILES string of the molecule is C=CC(=O)Oc1ccc(N2C(=O)C(=C(C)C)/C(=C\Cc3c(C)n(C)c4ccccc34)C2=O)cc1. The van der Waals surface area contributed by atoms with Crippen LogP contribution in [0.1, 0.15) is 25.1 Å². The highest BCUT2D eigenvalue weighted by Gasteiger charge is 2.40. The van der Waals surface area contributed by atoms with E-state index in [-0.39, 0.29) is 11.8 Å². The molecule has 0 bridgehead atoms. The number of allylic oxidation sites excluding steroid dienone is 2. The van der Waals surface area contributed by atoms with Crippen LogP contribution in [0.15, 0.2) is 84.0 Å². The Balaban J connectivity index is 1.70. The molecule has 0 saturated carbocycles. The largest absolute Gasteiger partial charge is 0.423 e. The third kappa shape index (κ3) is 3.88. The first-order valence-electron chi connectivity index (χ1n) is 11.0. The highest BCUT2D eigenvalue weighted by molar-refractivity contribution is 6.37. The van der Waals surface area contributed by atoms with E-state index in [4.69, 9.17) is 4.74 Å². The topological polar surface area (TPSA) is 68.6 Å². The highest BCUT2D eigenvalue weighted by atomic mass is 16.5. The summed E-state index contributed by atoms with van der Waals surface area (Å²) in [7, 11) is 2.03. The van der Waals surface area contributed by atoms with E-state index >= 15 is 0 Å². The first-order valence-corrected chi connectivity index (χ1v) is 11.0. The molecule has 0 unspecified atom stereocenters. The van der Waals surface area contributed by atoms with E-state index in [1.807, 2.05) is 39.1 Å². The van der Waals surface area contributed by atoms with Crippen LogP contribution in [0.25, 0.3) is 10.9 Å². The number of carbonyl (C=O) groups is 3. The second kappa shape index (κ2) is 8.98. The van der Waals surface area contributed by atoms with Crippen molar-refractivity contribution < 1.29 is 19.1 Å². The van der Waals surface area contributed by atoms with E-state index in [1.165, 1.54) is 4.90 Å². The lowest BCUT2D eigenvalue weighted by atomic mass is 10.00. The van der Waals surface area contributed by atoms with Gasteiger partial charge in [-0.2, -0.15) is 0 Å². The number of fused-ring (bicyclic) bond motifs is 1. The molecule has 34 heavy (non-hydrogen) atoms. The number of esters is 1. The number of hydrogen-bond acceptors (Lipinski definition) is 4. The van der Waals surface area contributed by atoms with Crippen LogP contribution in [0.2, 0.25) is 0 Å². The van der Waals surface area contributed by atoms with Gasteiger partial charge in [0.1, 0.15) is 5.75 Å². The fraction of sp³-hybridized carbons (Fsp3) is 0.179. The van der Waals surface area contributed by atoms with E-state index in [2.05, 4.69) is 30.2 Å². The lowest BCUT2D eigenvalue weighted by Gasteiger charge is -2.13. The van der Waals surface area contributed by atoms with E-state index < -0.39 is 5.97 Å². The number of hydrogen-bond donors (Lipinski definition) is 0. The molecular formula is C28H26N2O4. The smallest absolute Gasteiger partial charge is 0.335 e. The second-order valence-corrected chi connectivity index (χ2v) is 8.40. The molecule has 2 amide bonds. The third-order valence-electron chi connectivity index (χ3n) is 6.14. The summed E-state index contributed by atoms with van der Waals surface area (Å²) in [6, 6.07) is 14.4. The van der Waals surface area contributed by atoms with Gasteiger partial charge in [0.05, 0.1) is 11.3 Å². The lowest BCUT2D eigenvalue weighted by molar-refractivity contribution is -0.129. The van der Waals surface area contributed by atoms with Crippen molar-refractivity contribution in [3.05, 3.63) is 95.2 Å². The third-order valence-corrected chi connectivity index (χ3v) is 6.14. The maximum absolute atomic E-state index is 13.4. The molecule has 2 heterocycles. The Morgan fingerprint density at radius 2 is 1.71 bits per heavy atom. The van der Waals surface area contributed by atoms with Gasteiger partial charge >= 0.3 is 5.97 Å². The van der Waals surface area contributed by atoms with Gasteiger partial charge in [0.25, 0.3) is 11.8 Å². The second-order valence-electron chi connectivity index (χ2n) is 8.40. The predicted molar refractivity (Wildman–Crippen MR) is 133 cm³/mol. The minimum Gasteiger partial charge on any atom is -0.423 e. The number of rotatable bonds is 5. The van der Waals surface area contributed by atoms with Gasteiger partial charge in [-0.3, -0.25) is 9.59 Å². The number of para-hydroxylation sites is 1. The molecule has 0 N–H and O–H groups in total. The first kappa shape index (κ1) is 23.0. The Kier molecular flexibility index (Phi) is 6.07. The van der Waals surface area contributed by atoms with Gasteiger partial charge in [-0.25, -0.2) is 9.69 Å². The number of benzene rings is 2. The Morgan fingerprint density at radius 3 is 2.35 bits per heavy atom. The Morgan fingerprint density at radius 1 is 1.03 bits per heavy atom. The number of aryl methyl sites for hydroxylation is 1. The molecule has 0 radical (unpaired) electrons. The molecule has 1 saturated heterocycles. The van der Waals surface area contributed by atoms with E-state index in [1.54, 1.807) is 24.3 Å². The zero-order valence-electron chi connectivity index (χ0n) is 19.7. The predicted octanol–water partition coefficient (Wildman–Crippen LogP) is 4.96. The number of aromatic nitrogens is 1. The summed E-state index contributed by atoms with van der Waals surface area (Å²) in [6.07, 6.45) is 3.46. The number of carbonyl (C=O) groups excluding carboxylic acids is 3. The zero-order valence-corrected chi connectivity index (χ0v) is 19.7. The molecule has 0 spiro atoms. The van der Waals surface area contributed by atoms with Crippen molar-refractivity contribution in [2.45, 2.75) is 27.2 Å². The van der Waals surface area contributed by atoms with Crippen molar-refractivity contribution in [3.8, 4) is 5.75 Å². The van der Waals surface area contributed by atoms with Gasteiger partial charge in [-0.15, -0.1) is 0 Å². The number of nitrogens with zero attached hydrogens (tertiary/aromatic N) is 2. The molecule has 1 aliphatic rings. The van der Waals surface area contributed by atoms with Crippen LogP contribution < -0.4 is 9.64 Å². The van der Waals surface area contributed by atoms with Gasteiger partial charge in [-0.05, 0) is 63.1 Å². The molecular weight excluding hydrogens is 428 g/mol.